The first-order chi connectivity index (χ1) is 30.3. The quantitative estimate of drug-likeness (QED) is 0.160. The standard InChI is InChI=1S/C58H43NOS/c1-2-16-38(17-3-1)42-24-12-18-40-19-13-26-47(56(40)42)44-20-4-8-29-51(44)59(41-36-34-39(35-37-41)43-25-15-32-54-57(43)50-23-6-10-31-53(50)60-54)52-30-9-5-21-45(52)48-27-14-28-49-46-22-7-11-33-55(46)61-58(48)49/h4-15,18-38H,1-3,16-17H2. The third kappa shape index (κ3) is 6.06. The van der Waals surface area contributed by atoms with E-state index >= 15 is 0 Å². The summed E-state index contributed by atoms with van der Waals surface area (Å²) in [5.41, 5.74) is 14.0. The minimum Gasteiger partial charge on any atom is -0.456 e. The SMILES string of the molecule is c1ccc(N(c2ccc(-c3cccc4oc5ccccc5c34)cc2)c2ccccc2-c2cccc3cccc(C4CCCCC4)c23)c(-c2cccc3c2sc2ccccc23)c1. The Balaban J connectivity index is 1.09. The van der Waals surface area contributed by atoms with E-state index in [1.165, 1.54) is 96.4 Å². The molecular weight excluding hydrogens is 759 g/mol. The Morgan fingerprint density at radius 3 is 1.84 bits per heavy atom. The number of benzene rings is 9. The highest BCUT2D eigenvalue weighted by Crippen LogP contribution is 2.50. The first-order valence-electron chi connectivity index (χ1n) is 21.7. The van der Waals surface area contributed by atoms with Gasteiger partial charge in [0.25, 0.3) is 0 Å². The van der Waals surface area contributed by atoms with E-state index in [1.807, 2.05) is 17.4 Å². The van der Waals surface area contributed by atoms with Gasteiger partial charge in [0.1, 0.15) is 11.2 Å². The molecule has 12 rings (SSSR count). The summed E-state index contributed by atoms with van der Waals surface area (Å²) in [4.78, 5) is 2.51. The highest BCUT2D eigenvalue weighted by atomic mass is 32.1. The number of anilines is 3. The lowest BCUT2D eigenvalue weighted by Gasteiger charge is -2.31. The van der Waals surface area contributed by atoms with Crippen molar-refractivity contribution < 1.29 is 4.42 Å². The van der Waals surface area contributed by atoms with E-state index in [0.717, 1.165) is 44.6 Å². The first kappa shape index (κ1) is 36.0. The second-order valence-electron chi connectivity index (χ2n) is 16.6. The summed E-state index contributed by atoms with van der Waals surface area (Å²) < 4.78 is 8.94. The zero-order valence-electron chi connectivity index (χ0n) is 33.9. The highest BCUT2D eigenvalue weighted by molar-refractivity contribution is 7.26. The second kappa shape index (κ2) is 15.0. The Morgan fingerprint density at radius 1 is 0.426 bits per heavy atom. The molecule has 292 valence electrons. The molecule has 1 aliphatic rings. The van der Waals surface area contributed by atoms with Crippen molar-refractivity contribution in [3.8, 4) is 33.4 Å². The van der Waals surface area contributed by atoms with Gasteiger partial charge in [-0.25, -0.2) is 0 Å². The van der Waals surface area contributed by atoms with Gasteiger partial charge >= 0.3 is 0 Å². The van der Waals surface area contributed by atoms with Crippen LogP contribution in [0.25, 0.3) is 86.3 Å². The van der Waals surface area contributed by atoms with E-state index in [9.17, 15) is 0 Å². The summed E-state index contributed by atoms with van der Waals surface area (Å²) >= 11 is 1.89. The minimum atomic E-state index is 0.578. The van der Waals surface area contributed by atoms with Gasteiger partial charge in [0, 0.05) is 53.3 Å². The van der Waals surface area contributed by atoms with Crippen LogP contribution in [0.2, 0.25) is 0 Å². The molecule has 0 bridgehead atoms. The maximum absolute atomic E-state index is 6.32. The lowest BCUT2D eigenvalue weighted by molar-refractivity contribution is 0.445. The van der Waals surface area contributed by atoms with Gasteiger partial charge in [-0.15, -0.1) is 11.3 Å². The van der Waals surface area contributed by atoms with Crippen molar-refractivity contribution in [3.63, 3.8) is 0 Å². The molecule has 0 atom stereocenters. The minimum absolute atomic E-state index is 0.578. The Labute approximate surface area is 360 Å². The molecule has 2 aromatic heterocycles. The normalized spacial score (nSPS) is 13.5. The average Bonchev–Trinajstić information content (AvgIpc) is 3.91. The van der Waals surface area contributed by atoms with E-state index in [0.29, 0.717) is 5.92 Å². The Hall–Kier alpha value is -6.94. The van der Waals surface area contributed by atoms with Gasteiger partial charge in [0.15, 0.2) is 0 Å². The molecule has 0 amide bonds. The number of fused-ring (bicyclic) bond motifs is 7. The summed E-state index contributed by atoms with van der Waals surface area (Å²) in [6, 6.07) is 71.5. The largest absolute Gasteiger partial charge is 0.456 e. The van der Waals surface area contributed by atoms with E-state index in [-0.39, 0.29) is 0 Å². The van der Waals surface area contributed by atoms with Crippen LogP contribution in [-0.2, 0) is 0 Å². The molecule has 0 unspecified atom stereocenters. The van der Waals surface area contributed by atoms with E-state index in [1.54, 1.807) is 0 Å². The highest BCUT2D eigenvalue weighted by Gasteiger charge is 2.25. The molecule has 0 spiro atoms. The van der Waals surface area contributed by atoms with Crippen LogP contribution in [0.5, 0.6) is 0 Å². The van der Waals surface area contributed by atoms with Gasteiger partial charge in [0.2, 0.25) is 0 Å². The number of nitrogens with zero attached hydrogens (tertiary/aromatic N) is 1. The molecule has 3 heteroatoms. The second-order valence-corrected chi connectivity index (χ2v) is 17.6. The van der Waals surface area contributed by atoms with Crippen LogP contribution < -0.4 is 4.90 Å². The Morgan fingerprint density at radius 2 is 1.02 bits per heavy atom. The molecule has 1 saturated carbocycles. The van der Waals surface area contributed by atoms with Crippen molar-refractivity contribution in [1.29, 1.82) is 0 Å². The van der Waals surface area contributed by atoms with Crippen LogP contribution >= 0.6 is 11.3 Å². The lowest BCUT2D eigenvalue weighted by Crippen LogP contribution is -2.12. The first-order valence-corrected chi connectivity index (χ1v) is 22.5. The van der Waals surface area contributed by atoms with Crippen molar-refractivity contribution in [3.05, 3.63) is 200 Å². The molecule has 11 aromatic rings. The number of rotatable bonds is 7. The summed E-state index contributed by atoms with van der Waals surface area (Å²) in [5.74, 6) is 0.578. The topological polar surface area (TPSA) is 16.4 Å². The number of hydrogen-bond acceptors (Lipinski definition) is 3. The molecule has 2 nitrogen and oxygen atoms in total. The van der Waals surface area contributed by atoms with E-state index < -0.39 is 0 Å². The summed E-state index contributed by atoms with van der Waals surface area (Å²) in [6.07, 6.45) is 6.46. The molecule has 2 heterocycles. The Kier molecular flexibility index (Phi) is 8.82. The number of thiophene rings is 1. The molecule has 0 radical (unpaired) electrons. The van der Waals surface area contributed by atoms with Gasteiger partial charge in [-0.3, -0.25) is 0 Å². The van der Waals surface area contributed by atoms with Gasteiger partial charge < -0.3 is 9.32 Å². The van der Waals surface area contributed by atoms with E-state index in [2.05, 4.69) is 193 Å². The third-order valence-corrected chi connectivity index (χ3v) is 14.3. The van der Waals surface area contributed by atoms with Gasteiger partial charge in [-0.05, 0) is 94.3 Å². The smallest absolute Gasteiger partial charge is 0.136 e. The number of furan rings is 1. The van der Waals surface area contributed by atoms with Crippen LogP contribution in [-0.4, -0.2) is 0 Å². The summed E-state index contributed by atoms with van der Waals surface area (Å²) in [7, 11) is 0. The number of hydrogen-bond donors (Lipinski definition) is 0. The van der Waals surface area contributed by atoms with Crippen molar-refractivity contribution in [2.24, 2.45) is 0 Å². The fourth-order valence-electron chi connectivity index (χ4n) is 10.3. The fraction of sp³-hybridized carbons (Fsp3) is 0.103. The molecule has 0 aliphatic heterocycles. The van der Waals surface area contributed by atoms with Crippen LogP contribution in [0.15, 0.2) is 199 Å². The predicted octanol–water partition coefficient (Wildman–Crippen LogP) is 17.6. The van der Waals surface area contributed by atoms with Gasteiger partial charge in [-0.2, -0.15) is 0 Å². The van der Waals surface area contributed by atoms with Crippen LogP contribution in [0.1, 0.15) is 43.6 Å². The maximum Gasteiger partial charge on any atom is 0.136 e. The molecule has 1 fully saturated rings. The zero-order valence-corrected chi connectivity index (χ0v) is 34.7. The van der Waals surface area contributed by atoms with Crippen LogP contribution in [0.3, 0.4) is 0 Å². The van der Waals surface area contributed by atoms with Crippen LogP contribution in [0.4, 0.5) is 17.1 Å². The number of para-hydroxylation sites is 3. The monoisotopic (exact) mass is 801 g/mol. The predicted molar refractivity (Wildman–Crippen MR) is 261 cm³/mol. The molecule has 0 saturated heterocycles. The van der Waals surface area contributed by atoms with Crippen molar-refractivity contribution in [2.75, 3.05) is 4.90 Å². The molecule has 61 heavy (non-hydrogen) atoms. The fourth-order valence-corrected chi connectivity index (χ4v) is 11.5. The maximum atomic E-state index is 6.32. The Bertz CT molecular complexity index is 3410. The average molecular weight is 802 g/mol. The molecule has 1 aliphatic carbocycles. The van der Waals surface area contributed by atoms with Crippen molar-refractivity contribution in [2.45, 2.75) is 38.0 Å². The van der Waals surface area contributed by atoms with Gasteiger partial charge in [-0.1, -0.05) is 171 Å². The molecule has 0 N–H and O–H groups in total. The summed E-state index contributed by atoms with van der Waals surface area (Å²) in [6.45, 7) is 0. The van der Waals surface area contributed by atoms with Crippen LogP contribution in [0, 0.1) is 0 Å². The zero-order chi connectivity index (χ0) is 40.3. The van der Waals surface area contributed by atoms with E-state index in [4.69, 9.17) is 4.42 Å². The third-order valence-electron chi connectivity index (χ3n) is 13.1. The lowest BCUT2D eigenvalue weighted by atomic mass is 9.80. The van der Waals surface area contributed by atoms with Crippen molar-refractivity contribution in [1.82, 2.24) is 0 Å². The van der Waals surface area contributed by atoms with Gasteiger partial charge in [0.05, 0.1) is 11.4 Å². The molecule has 9 aromatic carbocycles. The molecular formula is C58H43NOS. The summed E-state index contributed by atoms with van der Waals surface area (Å²) in [5, 5.41) is 7.60. The van der Waals surface area contributed by atoms with Crippen molar-refractivity contribution >= 4 is 81.3 Å².